The molecule has 0 amide bonds. The Morgan fingerprint density at radius 3 is 1.90 bits per heavy atom. The van der Waals surface area contributed by atoms with Crippen molar-refractivity contribution in [1.29, 1.82) is 0 Å². The molecule has 0 heterocycles. The lowest BCUT2D eigenvalue weighted by Crippen LogP contribution is -2.62. The van der Waals surface area contributed by atoms with Gasteiger partial charge in [-0.2, -0.15) is 39.5 Å². The van der Waals surface area contributed by atoms with E-state index in [1.165, 1.54) is 24.3 Å². The van der Waals surface area contributed by atoms with E-state index in [1.807, 2.05) is 13.8 Å². The molecule has 0 bridgehead atoms. The zero-order chi connectivity index (χ0) is 22.9. The van der Waals surface area contributed by atoms with Crippen LogP contribution >= 0.6 is 0 Å². The van der Waals surface area contributed by atoms with E-state index in [-0.39, 0.29) is 23.8 Å². The predicted octanol–water partition coefficient (Wildman–Crippen LogP) is 6.44. The number of halogens is 9. The summed E-state index contributed by atoms with van der Waals surface area (Å²) in [5.41, 5.74) is -2.47. The molecule has 0 saturated carbocycles. The molecule has 1 atom stereocenters. The first kappa shape index (κ1) is 25.4. The van der Waals surface area contributed by atoms with E-state index in [4.69, 9.17) is 9.47 Å². The van der Waals surface area contributed by atoms with E-state index in [0.717, 1.165) is 14.0 Å². The van der Waals surface area contributed by atoms with Crippen LogP contribution in [0.1, 0.15) is 32.8 Å². The maximum atomic E-state index is 14.1. The van der Waals surface area contributed by atoms with Gasteiger partial charge in [-0.1, -0.05) is 26.0 Å². The molecule has 0 aliphatic rings. The summed E-state index contributed by atoms with van der Waals surface area (Å²) in [6, 6.07) is 5.11. The maximum Gasteiger partial charge on any atom is 0.460 e. The van der Waals surface area contributed by atoms with Crippen LogP contribution < -0.4 is 4.74 Å². The third kappa shape index (κ3) is 5.10. The second-order valence-electron chi connectivity index (χ2n) is 7.20. The zero-order valence-electron chi connectivity index (χ0n) is 16.0. The largest absolute Gasteiger partial charge is 0.493 e. The van der Waals surface area contributed by atoms with Crippen molar-refractivity contribution in [3.63, 3.8) is 0 Å². The first-order valence-electron chi connectivity index (χ1n) is 8.40. The highest BCUT2D eigenvalue weighted by Gasteiger charge is 2.82. The summed E-state index contributed by atoms with van der Waals surface area (Å²) in [4.78, 5) is 0. The average Bonchev–Trinajstić information content (AvgIpc) is 2.58. The first-order chi connectivity index (χ1) is 12.9. The van der Waals surface area contributed by atoms with Crippen LogP contribution in [0.2, 0.25) is 0 Å². The monoisotopic (exact) mass is 440 g/mol. The fourth-order valence-corrected chi connectivity index (χ4v) is 2.41. The molecule has 11 heteroatoms. The Morgan fingerprint density at radius 2 is 1.45 bits per heavy atom. The molecule has 1 rings (SSSR count). The maximum absolute atomic E-state index is 14.1. The summed E-state index contributed by atoms with van der Waals surface area (Å²) in [5.74, 6) is -19.1. The normalized spacial score (nSPS) is 16.1. The first-order valence-corrected chi connectivity index (χ1v) is 8.40. The fourth-order valence-electron chi connectivity index (χ4n) is 2.41. The molecule has 0 saturated heterocycles. The van der Waals surface area contributed by atoms with Gasteiger partial charge in [-0.15, -0.1) is 0 Å². The molecule has 0 radical (unpaired) electrons. The second kappa shape index (κ2) is 8.23. The van der Waals surface area contributed by atoms with Crippen LogP contribution in [0.5, 0.6) is 5.75 Å². The molecule has 0 N–H and O–H groups in total. The van der Waals surface area contributed by atoms with Crippen molar-refractivity contribution in [2.24, 2.45) is 5.92 Å². The number of hydrogen-bond acceptors (Lipinski definition) is 2. The second-order valence-corrected chi connectivity index (χ2v) is 7.20. The molecule has 168 valence electrons. The lowest BCUT2D eigenvalue weighted by atomic mass is 9.85. The molecule has 0 spiro atoms. The van der Waals surface area contributed by atoms with Gasteiger partial charge in [0.05, 0.1) is 18.6 Å². The Bertz CT molecular complexity index is 686. The molecule has 0 aromatic heterocycles. The van der Waals surface area contributed by atoms with E-state index in [1.54, 1.807) is 0 Å². The molecule has 0 aliphatic heterocycles. The third-order valence-corrected chi connectivity index (χ3v) is 4.25. The topological polar surface area (TPSA) is 18.5 Å². The summed E-state index contributed by atoms with van der Waals surface area (Å²) in [6.07, 6.45) is -9.00. The summed E-state index contributed by atoms with van der Waals surface area (Å²) in [5, 5.41) is 0. The Hall–Kier alpha value is -1.65. The fraction of sp³-hybridized carbons (Fsp3) is 0.667. The number of rotatable bonds is 9. The molecule has 0 fully saturated rings. The average molecular weight is 440 g/mol. The van der Waals surface area contributed by atoms with Gasteiger partial charge < -0.3 is 9.47 Å². The number of alkyl halides is 9. The smallest absolute Gasteiger partial charge is 0.460 e. The van der Waals surface area contributed by atoms with Crippen LogP contribution in [-0.4, -0.2) is 37.7 Å². The van der Waals surface area contributed by atoms with Crippen LogP contribution in [0, 0.1) is 5.92 Å². The van der Waals surface area contributed by atoms with E-state index in [0.29, 0.717) is 0 Å². The standard InChI is InChI=1S/C18H21F9O2/c1-11(2)9-29-13-7-5-6-12(8-13)14(3,28-4)10-15(19,20)16(21,22)17(23,24)18(25,26)27/h5-8,11H,9-10H2,1-4H3. The SMILES string of the molecule is COC(C)(CC(F)(F)C(F)(F)C(F)(F)C(F)(F)F)c1cccc(OCC(C)C)c1. The van der Waals surface area contributed by atoms with Gasteiger partial charge in [0.15, 0.2) is 0 Å². The van der Waals surface area contributed by atoms with Crippen molar-refractivity contribution < 1.29 is 49.0 Å². The Balaban J connectivity index is 3.28. The number of ether oxygens (including phenoxy) is 2. The van der Waals surface area contributed by atoms with E-state index < -0.39 is 36.0 Å². The zero-order valence-corrected chi connectivity index (χ0v) is 16.0. The predicted molar refractivity (Wildman–Crippen MR) is 86.6 cm³/mol. The quantitative estimate of drug-likeness (QED) is 0.412. The summed E-state index contributed by atoms with van der Waals surface area (Å²) < 4.78 is 129. The van der Waals surface area contributed by atoms with Gasteiger partial charge in [-0.3, -0.25) is 0 Å². The highest BCUT2D eigenvalue weighted by Crippen LogP contribution is 2.56. The van der Waals surface area contributed by atoms with Crippen molar-refractivity contribution >= 4 is 0 Å². The molecule has 1 unspecified atom stereocenters. The van der Waals surface area contributed by atoms with Gasteiger partial charge >= 0.3 is 23.9 Å². The summed E-state index contributed by atoms with van der Waals surface area (Å²) in [7, 11) is 0.845. The highest BCUT2D eigenvalue weighted by atomic mass is 19.4. The van der Waals surface area contributed by atoms with Gasteiger partial charge in [0, 0.05) is 7.11 Å². The molecule has 2 nitrogen and oxygen atoms in total. The summed E-state index contributed by atoms with van der Waals surface area (Å²) >= 11 is 0. The molecular formula is C18H21F9O2. The third-order valence-electron chi connectivity index (χ3n) is 4.25. The van der Waals surface area contributed by atoms with Crippen LogP contribution in [0.25, 0.3) is 0 Å². The van der Waals surface area contributed by atoms with Crippen molar-refractivity contribution in [1.82, 2.24) is 0 Å². The van der Waals surface area contributed by atoms with Gasteiger partial charge in [0.2, 0.25) is 0 Å². The van der Waals surface area contributed by atoms with Gasteiger partial charge in [-0.05, 0) is 30.5 Å². The van der Waals surface area contributed by atoms with Gasteiger partial charge in [0.25, 0.3) is 0 Å². The van der Waals surface area contributed by atoms with Crippen LogP contribution in [0.3, 0.4) is 0 Å². The molecule has 1 aromatic rings. The molecule has 1 aromatic carbocycles. The minimum absolute atomic E-state index is 0.0973. The van der Waals surface area contributed by atoms with E-state index >= 15 is 0 Å². The summed E-state index contributed by atoms with van der Waals surface area (Å²) in [6.45, 7) is 4.77. The highest BCUT2D eigenvalue weighted by molar-refractivity contribution is 5.32. The molecular weight excluding hydrogens is 419 g/mol. The van der Waals surface area contributed by atoms with Gasteiger partial charge in [0.1, 0.15) is 5.75 Å². The number of hydrogen-bond donors (Lipinski definition) is 0. The van der Waals surface area contributed by atoms with Crippen molar-refractivity contribution in [2.75, 3.05) is 13.7 Å². The minimum atomic E-state index is -6.94. The Labute approximate surface area is 162 Å². The van der Waals surface area contributed by atoms with Crippen molar-refractivity contribution in [2.45, 2.75) is 56.7 Å². The lowest BCUT2D eigenvalue weighted by molar-refractivity contribution is -0.400. The molecule has 0 aliphatic carbocycles. The van der Waals surface area contributed by atoms with Crippen molar-refractivity contribution in [3.8, 4) is 5.75 Å². The van der Waals surface area contributed by atoms with Crippen molar-refractivity contribution in [3.05, 3.63) is 29.8 Å². The number of benzene rings is 1. The van der Waals surface area contributed by atoms with E-state index in [9.17, 15) is 39.5 Å². The van der Waals surface area contributed by atoms with Crippen LogP contribution in [-0.2, 0) is 10.3 Å². The molecule has 29 heavy (non-hydrogen) atoms. The van der Waals surface area contributed by atoms with Crippen LogP contribution in [0.15, 0.2) is 24.3 Å². The van der Waals surface area contributed by atoms with E-state index in [2.05, 4.69) is 0 Å². The number of methoxy groups -OCH3 is 1. The minimum Gasteiger partial charge on any atom is -0.493 e. The van der Waals surface area contributed by atoms with Gasteiger partial charge in [-0.25, -0.2) is 0 Å². The van der Waals surface area contributed by atoms with Crippen LogP contribution in [0.4, 0.5) is 39.5 Å². The lowest BCUT2D eigenvalue weighted by Gasteiger charge is -2.38. The Kier molecular flexibility index (Phi) is 7.21. The Morgan fingerprint density at radius 1 is 0.897 bits per heavy atom.